The van der Waals surface area contributed by atoms with E-state index in [0.717, 1.165) is 34.0 Å². The van der Waals surface area contributed by atoms with Crippen LogP contribution in [0.3, 0.4) is 0 Å². The molecule has 106 valence electrons. The Labute approximate surface area is 128 Å². The summed E-state index contributed by atoms with van der Waals surface area (Å²) in [5, 5.41) is 1.52. The van der Waals surface area contributed by atoms with Crippen molar-refractivity contribution in [2.24, 2.45) is 0 Å². The maximum atomic E-state index is 11.6. The van der Waals surface area contributed by atoms with Crippen LogP contribution < -0.4 is 0 Å². The molecule has 1 N–H and O–H groups in total. The van der Waals surface area contributed by atoms with Gasteiger partial charge in [0.15, 0.2) is 6.29 Å². The summed E-state index contributed by atoms with van der Waals surface area (Å²) in [6.07, 6.45) is 0.902. The highest BCUT2D eigenvalue weighted by molar-refractivity contribution is 6.31. The molecule has 0 aliphatic heterocycles. The molecular weight excluding hydrogens is 282 g/mol. The number of nitrogens with one attached hydrogen (secondary N) is 1. The Bertz CT molecular complexity index is 861. The van der Waals surface area contributed by atoms with Crippen LogP contribution >= 0.6 is 11.6 Å². The Balaban J connectivity index is 2.34. The van der Waals surface area contributed by atoms with E-state index in [0.29, 0.717) is 10.6 Å². The molecule has 1 heterocycles. The first-order valence-corrected chi connectivity index (χ1v) is 7.23. The van der Waals surface area contributed by atoms with E-state index in [1.165, 1.54) is 11.1 Å². The van der Waals surface area contributed by atoms with E-state index in [9.17, 15) is 4.79 Å². The second kappa shape index (κ2) is 5.05. The molecule has 21 heavy (non-hydrogen) atoms. The normalized spacial score (nSPS) is 11.0. The summed E-state index contributed by atoms with van der Waals surface area (Å²) >= 11 is 6.12. The van der Waals surface area contributed by atoms with Crippen LogP contribution in [0.4, 0.5) is 0 Å². The van der Waals surface area contributed by atoms with Crippen molar-refractivity contribution in [3.05, 3.63) is 57.6 Å². The minimum atomic E-state index is 0.647. The number of benzene rings is 2. The van der Waals surface area contributed by atoms with Gasteiger partial charge in [0.1, 0.15) is 0 Å². The van der Waals surface area contributed by atoms with Gasteiger partial charge in [-0.25, -0.2) is 0 Å². The van der Waals surface area contributed by atoms with Gasteiger partial charge in [-0.15, -0.1) is 0 Å². The molecule has 0 spiro atoms. The first-order chi connectivity index (χ1) is 10.0. The van der Waals surface area contributed by atoms with Crippen LogP contribution in [0.5, 0.6) is 0 Å². The number of aromatic amines is 1. The lowest BCUT2D eigenvalue weighted by Gasteiger charge is -2.04. The fraction of sp³-hybridized carbons (Fsp3) is 0.167. The highest BCUT2D eigenvalue weighted by Crippen LogP contribution is 2.33. The summed E-state index contributed by atoms with van der Waals surface area (Å²) < 4.78 is 0. The summed E-state index contributed by atoms with van der Waals surface area (Å²) in [5.74, 6) is 0. The summed E-state index contributed by atoms with van der Waals surface area (Å²) in [5.41, 5.74) is 6.99. The highest BCUT2D eigenvalue weighted by Gasteiger charge is 2.15. The molecule has 0 aliphatic rings. The fourth-order valence-corrected chi connectivity index (χ4v) is 2.97. The van der Waals surface area contributed by atoms with Gasteiger partial charge in [0.2, 0.25) is 0 Å². The molecule has 0 unspecified atom stereocenters. The van der Waals surface area contributed by atoms with E-state index >= 15 is 0 Å². The van der Waals surface area contributed by atoms with E-state index < -0.39 is 0 Å². The van der Waals surface area contributed by atoms with Crippen LogP contribution in [0, 0.1) is 20.8 Å². The highest BCUT2D eigenvalue weighted by atomic mass is 35.5. The van der Waals surface area contributed by atoms with Crippen molar-refractivity contribution in [2.75, 3.05) is 0 Å². The summed E-state index contributed by atoms with van der Waals surface area (Å²) in [4.78, 5) is 15.0. The molecule has 3 heteroatoms. The number of rotatable bonds is 2. The minimum Gasteiger partial charge on any atom is -0.354 e. The number of aromatic nitrogens is 1. The third kappa shape index (κ3) is 2.26. The smallest absolute Gasteiger partial charge is 0.152 e. The molecule has 0 atom stereocenters. The molecular formula is C18H16ClNO. The molecule has 0 saturated heterocycles. The predicted octanol–water partition coefficient (Wildman–Crippen LogP) is 5.23. The third-order valence-corrected chi connectivity index (χ3v) is 4.24. The second-order valence-electron chi connectivity index (χ2n) is 5.48. The average molecular weight is 298 g/mol. The fourth-order valence-electron chi connectivity index (χ4n) is 2.70. The first-order valence-electron chi connectivity index (χ1n) is 6.86. The molecule has 2 aromatic carbocycles. The van der Waals surface area contributed by atoms with Crippen LogP contribution in [0.2, 0.25) is 5.02 Å². The Morgan fingerprint density at radius 2 is 1.76 bits per heavy atom. The number of halogens is 1. The molecule has 1 aromatic heterocycles. The van der Waals surface area contributed by atoms with Gasteiger partial charge in [-0.05, 0) is 61.2 Å². The lowest BCUT2D eigenvalue weighted by atomic mass is 10.0. The van der Waals surface area contributed by atoms with Crippen LogP contribution in [0.1, 0.15) is 27.0 Å². The summed E-state index contributed by atoms with van der Waals surface area (Å²) in [6, 6.07) is 9.96. The first kappa shape index (κ1) is 13.9. The van der Waals surface area contributed by atoms with E-state index in [-0.39, 0.29) is 0 Å². The van der Waals surface area contributed by atoms with Crippen LogP contribution in [0.25, 0.3) is 22.2 Å². The van der Waals surface area contributed by atoms with Crippen molar-refractivity contribution in [1.29, 1.82) is 0 Å². The van der Waals surface area contributed by atoms with Crippen molar-refractivity contribution in [3.63, 3.8) is 0 Å². The molecule has 0 saturated carbocycles. The zero-order valence-electron chi connectivity index (χ0n) is 12.3. The minimum absolute atomic E-state index is 0.647. The van der Waals surface area contributed by atoms with E-state index in [2.05, 4.69) is 31.0 Å². The number of carbonyl (C=O) groups excluding carboxylic acids is 1. The maximum Gasteiger partial charge on any atom is 0.152 e. The van der Waals surface area contributed by atoms with Gasteiger partial charge in [0, 0.05) is 21.5 Å². The van der Waals surface area contributed by atoms with Gasteiger partial charge in [-0.1, -0.05) is 23.7 Å². The van der Waals surface area contributed by atoms with Gasteiger partial charge in [0.25, 0.3) is 0 Å². The van der Waals surface area contributed by atoms with Crippen LogP contribution in [-0.2, 0) is 0 Å². The predicted molar refractivity (Wildman–Crippen MR) is 88.3 cm³/mol. The molecule has 0 radical (unpaired) electrons. The van der Waals surface area contributed by atoms with Gasteiger partial charge in [-0.3, -0.25) is 4.79 Å². The van der Waals surface area contributed by atoms with Gasteiger partial charge in [0.05, 0.1) is 5.69 Å². The Kier molecular flexibility index (Phi) is 3.34. The van der Waals surface area contributed by atoms with Crippen molar-refractivity contribution in [2.45, 2.75) is 20.8 Å². The number of carbonyl (C=O) groups is 1. The number of fused-ring (bicyclic) bond motifs is 1. The van der Waals surface area contributed by atoms with E-state index in [1.807, 2.05) is 25.1 Å². The zero-order chi connectivity index (χ0) is 15.1. The number of aryl methyl sites for hydroxylation is 3. The third-order valence-electron chi connectivity index (χ3n) is 4.02. The Morgan fingerprint density at radius 1 is 1.00 bits per heavy atom. The monoisotopic (exact) mass is 297 g/mol. The summed E-state index contributed by atoms with van der Waals surface area (Å²) in [7, 11) is 0. The number of aldehydes is 1. The SMILES string of the molecule is Cc1ccc(-c2[nH]c3c(C)cc(Cl)cc3c2C=O)cc1C. The maximum absolute atomic E-state index is 11.6. The molecule has 2 nitrogen and oxygen atoms in total. The molecule has 3 aromatic rings. The van der Waals surface area contributed by atoms with Crippen LogP contribution in [0.15, 0.2) is 30.3 Å². The van der Waals surface area contributed by atoms with Crippen molar-refractivity contribution in [3.8, 4) is 11.3 Å². The number of hydrogen-bond acceptors (Lipinski definition) is 1. The lowest BCUT2D eigenvalue weighted by molar-refractivity contribution is 0.112. The molecule has 0 fully saturated rings. The van der Waals surface area contributed by atoms with Crippen molar-refractivity contribution >= 4 is 28.8 Å². The second-order valence-corrected chi connectivity index (χ2v) is 5.91. The standard InChI is InChI=1S/C18H16ClNO/c1-10-4-5-13(6-11(10)2)18-16(9-21)15-8-14(19)7-12(3)17(15)20-18/h4-9,20H,1-3H3. The van der Waals surface area contributed by atoms with Gasteiger partial charge in [-0.2, -0.15) is 0 Å². The van der Waals surface area contributed by atoms with Gasteiger partial charge >= 0.3 is 0 Å². The average Bonchev–Trinajstić information content (AvgIpc) is 2.80. The van der Waals surface area contributed by atoms with Gasteiger partial charge < -0.3 is 4.98 Å². The zero-order valence-corrected chi connectivity index (χ0v) is 13.0. The number of hydrogen-bond donors (Lipinski definition) is 1. The van der Waals surface area contributed by atoms with E-state index in [1.54, 1.807) is 0 Å². The van der Waals surface area contributed by atoms with Crippen LogP contribution in [-0.4, -0.2) is 11.3 Å². The van der Waals surface area contributed by atoms with E-state index in [4.69, 9.17) is 11.6 Å². The Hall–Kier alpha value is -2.06. The number of H-pyrrole nitrogens is 1. The van der Waals surface area contributed by atoms with Crippen molar-refractivity contribution in [1.82, 2.24) is 4.98 Å². The largest absolute Gasteiger partial charge is 0.354 e. The van der Waals surface area contributed by atoms with Crippen molar-refractivity contribution < 1.29 is 4.79 Å². The topological polar surface area (TPSA) is 32.9 Å². The Morgan fingerprint density at radius 3 is 2.43 bits per heavy atom. The molecule has 0 bridgehead atoms. The molecule has 0 amide bonds. The molecule has 3 rings (SSSR count). The quantitative estimate of drug-likeness (QED) is 0.646. The molecule has 0 aliphatic carbocycles. The lowest BCUT2D eigenvalue weighted by Crippen LogP contribution is -1.87. The summed E-state index contributed by atoms with van der Waals surface area (Å²) in [6.45, 7) is 6.14.